The molecule has 0 aromatic rings. The van der Waals surface area contributed by atoms with E-state index in [-0.39, 0.29) is 17.7 Å². The number of nitrogens with zero attached hydrogens (tertiary/aromatic N) is 1. The summed E-state index contributed by atoms with van der Waals surface area (Å²) in [5, 5.41) is 11.7. The highest BCUT2D eigenvalue weighted by Gasteiger charge is 2.29. The lowest BCUT2D eigenvalue weighted by Crippen LogP contribution is -2.49. The monoisotopic (exact) mass is 256 g/mol. The molecule has 0 spiro atoms. The Morgan fingerprint density at radius 2 is 1.89 bits per heavy atom. The number of aliphatic carboxylic acids is 1. The summed E-state index contributed by atoms with van der Waals surface area (Å²) in [7, 11) is 0. The van der Waals surface area contributed by atoms with Crippen molar-refractivity contribution in [2.75, 3.05) is 0 Å². The van der Waals surface area contributed by atoms with Crippen LogP contribution in [0.4, 0.5) is 0 Å². The molecule has 1 amide bonds. The van der Waals surface area contributed by atoms with Gasteiger partial charge >= 0.3 is 5.97 Å². The Labute approximate surface area is 109 Å². The van der Waals surface area contributed by atoms with Gasteiger partial charge in [0.1, 0.15) is 12.1 Å². The Kier molecular flexibility index (Phi) is 7.24. The van der Waals surface area contributed by atoms with Gasteiger partial charge in [0.05, 0.1) is 0 Å². The fraction of sp³-hybridized carbons (Fsp3) is 0.769. The van der Waals surface area contributed by atoms with Crippen molar-refractivity contribution in [3.8, 4) is 0 Å². The maximum Gasteiger partial charge on any atom is 0.326 e. The van der Waals surface area contributed by atoms with Crippen molar-refractivity contribution in [1.82, 2.24) is 5.32 Å². The SMILES string of the molecule is CC=NC(C(=O)NC(C(=O)O)C(C)CC)C(C)C. The highest BCUT2D eigenvalue weighted by molar-refractivity contribution is 5.88. The molecule has 0 rings (SSSR count). The predicted octanol–water partition coefficient (Wildman–Crippen LogP) is 1.72. The molecule has 0 aliphatic carbocycles. The van der Waals surface area contributed by atoms with Gasteiger partial charge < -0.3 is 10.4 Å². The van der Waals surface area contributed by atoms with Gasteiger partial charge in [0, 0.05) is 0 Å². The van der Waals surface area contributed by atoms with Crippen molar-refractivity contribution in [3.05, 3.63) is 0 Å². The summed E-state index contributed by atoms with van der Waals surface area (Å²) in [4.78, 5) is 27.2. The third-order valence-corrected chi connectivity index (χ3v) is 2.99. The number of carboxylic acid groups (broad SMARTS) is 1. The molecule has 3 atom stereocenters. The van der Waals surface area contributed by atoms with E-state index >= 15 is 0 Å². The number of carboxylic acids is 1. The van der Waals surface area contributed by atoms with Crippen LogP contribution in [0.25, 0.3) is 0 Å². The molecule has 0 radical (unpaired) electrons. The first kappa shape index (κ1) is 16.6. The second kappa shape index (κ2) is 7.84. The molecule has 0 fully saturated rings. The molecule has 0 aromatic carbocycles. The van der Waals surface area contributed by atoms with Crippen molar-refractivity contribution in [2.45, 2.75) is 53.1 Å². The Morgan fingerprint density at radius 1 is 1.33 bits per heavy atom. The Bertz CT molecular complexity index is 313. The zero-order chi connectivity index (χ0) is 14.3. The van der Waals surface area contributed by atoms with Crippen molar-refractivity contribution in [1.29, 1.82) is 0 Å². The molecule has 2 N–H and O–H groups in total. The van der Waals surface area contributed by atoms with Gasteiger partial charge in [-0.1, -0.05) is 34.1 Å². The fourth-order valence-corrected chi connectivity index (χ4v) is 1.62. The molecule has 0 aliphatic heterocycles. The van der Waals surface area contributed by atoms with Gasteiger partial charge in [0.25, 0.3) is 0 Å². The van der Waals surface area contributed by atoms with Gasteiger partial charge in [-0.25, -0.2) is 4.79 Å². The molecular weight excluding hydrogens is 232 g/mol. The zero-order valence-electron chi connectivity index (χ0n) is 11.8. The van der Waals surface area contributed by atoms with Crippen LogP contribution in [0.5, 0.6) is 0 Å². The van der Waals surface area contributed by atoms with Gasteiger partial charge in [0.2, 0.25) is 5.91 Å². The highest BCUT2D eigenvalue weighted by Crippen LogP contribution is 2.11. The van der Waals surface area contributed by atoms with E-state index in [1.165, 1.54) is 0 Å². The van der Waals surface area contributed by atoms with Crippen molar-refractivity contribution in [3.63, 3.8) is 0 Å². The maximum atomic E-state index is 12.0. The Hall–Kier alpha value is -1.39. The molecule has 0 bridgehead atoms. The van der Waals surface area contributed by atoms with E-state index in [0.29, 0.717) is 6.42 Å². The minimum absolute atomic E-state index is 0.0348. The van der Waals surface area contributed by atoms with Crippen LogP contribution in [0, 0.1) is 11.8 Å². The first-order chi connectivity index (χ1) is 8.34. The normalized spacial score (nSPS) is 16.6. The highest BCUT2D eigenvalue weighted by atomic mass is 16.4. The van der Waals surface area contributed by atoms with Gasteiger partial charge in [-0.3, -0.25) is 9.79 Å². The molecule has 18 heavy (non-hydrogen) atoms. The molecule has 0 saturated carbocycles. The summed E-state index contributed by atoms with van der Waals surface area (Å²) in [6, 6.07) is -1.38. The minimum Gasteiger partial charge on any atom is -0.480 e. The van der Waals surface area contributed by atoms with E-state index in [1.807, 2.05) is 27.7 Å². The predicted molar refractivity (Wildman–Crippen MR) is 71.8 cm³/mol. The molecule has 0 heterocycles. The van der Waals surface area contributed by atoms with E-state index in [1.54, 1.807) is 13.1 Å². The van der Waals surface area contributed by atoms with Crippen molar-refractivity contribution < 1.29 is 14.7 Å². The minimum atomic E-state index is -0.999. The lowest BCUT2D eigenvalue weighted by molar-refractivity contribution is -0.143. The van der Waals surface area contributed by atoms with E-state index in [0.717, 1.165) is 0 Å². The smallest absolute Gasteiger partial charge is 0.326 e. The summed E-state index contributed by atoms with van der Waals surface area (Å²) < 4.78 is 0. The summed E-state index contributed by atoms with van der Waals surface area (Å²) in [6.07, 6.45) is 2.27. The molecule has 0 aliphatic rings. The van der Waals surface area contributed by atoms with E-state index in [2.05, 4.69) is 10.3 Å². The third kappa shape index (κ3) is 4.85. The number of nitrogens with one attached hydrogen (secondary N) is 1. The number of carbonyl (C=O) groups is 2. The molecular formula is C13H24N2O3. The van der Waals surface area contributed by atoms with E-state index in [9.17, 15) is 9.59 Å². The topological polar surface area (TPSA) is 78.8 Å². The standard InChI is InChI=1S/C13H24N2O3/c1-6-9(5)11(13(17)18)15-12(16)10(8(3)4)14-7-2/h7-11H,6H2,1-5H3,(H,15,16)(H,17,18). The zero-order valence-corrected chi connectivity index (χ0v) is 11.8. The summed E-state index contributed by atoms with van der Waals surface area (Å²) in [6.45, 7) is 9.22. The van der Waals surface area contributed by atoms with E-state index in [4.69, 9.17) is 5.11 Å². The van der Waals surface area contributed by atoms with Gasteiger partial charge in [-0.05, 0) is 25.0 Å². The lowest BCUT2D eigenvalue weighted by atomic mass is 9.97. The summed E-state index contributed by atoms with van der Waals surface area (Å²) in [5.74, 6) is -1.39. The van der Waals surface area contributed by atoms with Crippen LogP contribution in [0.1, 0.15) is 41.0 Å². The third-order valence-electron chi connectivity index (χ3n) is 2.99. The Balaban J connectivity index is 4.82. The number of aliphatic imine (C=N–C) groups is 1. The van der Waals surface area contributed by atoms with Crippen LogP contribution in [0.2, 0.25) is 0 Å². The van der Waals surface area contributed by atoms with Gasteiger partial charge in [-0.15, -0.1) is 0 Å². The van der Waals surface area contributed by atoms with Crippen LogP contribution in [0.3, 0.4) is 0 Å². The molecule has 104 valence electrons. The second-order valence-electron chi connectivity index (χ2n) is 4.81. The van der Waals surface area contributed by atoms with Crippen LogP contribution in [-0.4, -0.2) is 35.3 Å². The maximum absolute atomic E-state index is 12.0. The van der Waals surface area contributed by atoms with Crippen LogP contribution >= 0.6 is 0 Å². The quantitative estimate of drug-likeness (QED) is 0.681. The molecule has 5 nitrogen and oxygen atoms in total. The van der Waals surface area contributed by atoms with Crippen LogP contribution in [-0.2, 0) is 9.59 Å². The number of rotatable bonds is 7. The van der Waals surface area contributed by atoms with Gasteiger partial charge in [0.15, 0.2) is 0 Å². The molecule has 0 saturated heterocycles. The van der Waals surface area contributed by atoms with Crippen LogP contribution in [0.15, 0.2) is 4.99 Å². The fourth-order valence-electron chi connectivity index (χ4n) is 1.62. The number of carbonyl (C=O) groups excluding carboxylic acids is 1. The summed E-state index contributed by atoms with van der Waals surface area (Å²) in [5.41, 5.74) is 0. The van der Waals surface area contributed by atoms with Crippen molar-refractivity contribution >= 4 is 18.1 Å². The lowest BCUT2D eigenvalue weighted by Gasteiger charge is -2.23. The number of amides is 1. The largest absolute Gasteiger partial charge is 0.480 e. The number of hydrogen-bond acceptors (Lipinski definition) is 3. The average molecular weight is 256 g/mol. The Morgan fingerprint density at radius 3 is 2.22 bits per heavy atom. The molecule has 3 unspecified atom stereocenters. The first-order valence-corrected chi connectivity index (χ1v) is 6.36. The average Bonchev–Trinajstić information content (AvgIpc) is 2.30. The van der Waals surface area contributed by atoms with Gasteiger partial charge in [-0.2, -0.15) is 0 Å². The van der Waals surface area contributed by atoms with Crippen molar-refractivity contribution in [2.24, 2.45) is 16.8 Å². The summed E-state index contributed by atoms with van der Waals surface area (Å²) >= 11 is 0. The number of hydrogen-bond donors (Lipinski definition) is 2. The first-order valence-electron chi connectivity index (χ1n) is 6.36. The van der Waals surface area contributed by atoms with Crippen LogP contribution < -0.4 is 5.32 Å². The molecule has 5 heteroatoms. The molecule has 0 aromatic heterocycles. The van der Waals surface area contributed by atoms with E-state index < -0.39 is 18.1 Å². The second-order valence-corrected chi connectivity index (χ2v) is 4.81.